The number of anilines is 2. The first-order valence-electron chi connectivity index (χ1n) is 8.47. The predicted octanol–water partition coefficient (Wildman–Crippen LogP) is 3.76. The molecule has 4 rings (SSSR count). The Hall–Kier alpha value is -3.09. The molecule has 1 fully saturated rings. The first-order valence-corrected chi connectivity index (χ1v) is 8.47. The van der Waals surface area contributed by atoms with Gasteiger partial charge in [0.2, 0.25) is 5.71 Å². The smallest absolute Gasteiger partial charge is 0.260 e. The summed E-state index contributed by atoms with van der Waals surface area (Å²) in [6.07, 6.45) is 3.59. The molecule has 0 radical (unpaired) electrons. The van der Waals surface area contributed by atoms with Crippen molar-refractivity contribution in [3.05, 3.63) is 41.9 Å². The highest BCUT2D eigenvalue weighted by Crippen LogP contribution is 2.40. The SMILES string of the molecule is COc1cccc(NC(=O)c2c(C)oc3ncnc(NC4(C)CC4)c23)c1. The lowest BCUT2D eigenvalue weighted by Gasteiger charge is -2.13. The highest BCUT2D eigenvalue weighted by atomic mass is 16.5. The van der Waals surface area contributed by atoms with E-state index < -0.39 is 0 Å². The molecule has 7 nitrogen and oxygen atoms in total. The van der Waals surface area contributed by atoms with E-state index in [4.69, 9.17) is 9.15 Å². The molecule has 26 heavy (non-hydrogen) atoms. The van der Waals surface area contributed by atoms with E-state index >= 15 is 0 Å². The van der Waals surface area contributed by atoms with Gasteiger partial charge >= 0.3 is 0 Å². The summed E-state index contributed by atoms with van der Waals surface area (Å²) in [5, 5.41) is 6.92. The van der Waals surface area contributed by atoms with E-state index in [1.165, 1.54) is 6.33 Å². The van der Waals surface area contributed by atoms with Gasteiger partial charge in [-0.15, -0.1) is 0 Å². The number of fused-ring (bicyclic) bond motifs is 1. The number of methoxy groups -OCH3 is 1. The van der Waals surface area contributed by atoms with E-state index in [1.807, 2.05) is 12.1 Å². The molecule has 134 valence electrons. The van der Waals surface area contributed by atoms with Crippen LogP contribution < -0.4 is 15.4 Å². The van der Waals surface area contributed by atoms with Gasteiger partial charge in [0.1, 0.15) is 23.7 Å². The number of amides is 1. The molecule has 0 saturated heterocycles. The van der Waals surface area contributed by atoms with Crippen LogP contribution >= 0.6 is 0 Å². The molecular formula is C19H20N4O3. The van der Waals surface area contributed by atoms with Crippen molar-refractivity contribution in [3.63, 3.8) is 0 Å². The predicted molar refractivity (Wildman–Crippen MR) is 98.7 cm³/mol. The van der Waals surface area contributed by atoms with Gasteiger partial charge in [-0.05, 0) is 38.8 Å². The Bertz CT molecular complexity index is 992. The Morgan fingerprint density at radius 2 is 2.12 bits per heavy atom. The Morgan fingerprint density at radius 1 is 1.31 bits per heavy atom. The summed E-state index contributed by atoms with van der Waals surface area (Å²) >= 11 is 0. The Balaban J connectivity index is 1.72. The van der Waals surface area contributed by atoms with Crippen LogP contribution in [0.5, 0.6) is 5.75 Å². The Morgan fingerprint density at radius 3 is 2.85 bits per heavy atom. The molecule has 2 aromatic heterocycles. The molecule has 0 atom stereocenters. The number of carbonyl (C=O) groups is 1. The van der Waals surface area contributed by atoms with Gasteiger partial charge in [-0.3, -0.25) is 4.79 Å². The third-order valence-corrected chi connectivity index (χ3v) is 4.64. The lowest BCUT2D eigenvalue weighted by Crippen LogP contribution is -2.18. The van der Waals surface area contributed by atoms with Crippen LogP contribution in [0.3, 0.4) is 0 Å². The topological polar surface area (TPSA) is 89.3 Å². The minimum atomic E-state index is -0.270. The fourth-order valence-electron chi connectivity index (χ4n) is 2.91. The molecule has 0 bridgehead atoms. The van der Waals surface area contributed by atoms with E-state index in [2.05, 4.69) is 27.5 Å². The summed E-state index contributed by atoms with van der Waals surface area (Å²) in [5.41, 5.74) is 1.51. The number of carbonyl (C=O) groups excluding carboxylic acids is 1. The van der Waals surface area contributed by atoms with Crippen molar-refractivity contribution >= 4 is 28.5 Å². The van der Waals surface area contributed by atoms with Crippen LogP contribution in [0.1, 0.15) is 35.9 Å². The molecule has 1 aromatic carbocycles. The molecule has 7 heteroatoms. The van der Waals surface area contributed by atoms with Crippen LogP contribution in [-0.2, 0) is 0 Å². The Labute approximate surface area is 150 Å². The standard InChI is InChI=1S/C19H20N4O3/c1-11-14(17(24)22-12-5-4-6-13(9-12)25-3)15-16(23-19(2)7-8-19)20-10-21-18(15)26-11/h4-6,9-10H,7-8H2,1-3H3,(H,22,24)(H,20,21,23). The highest BCUT2D eigenvalue weighted by molar-refractivity contribution is 6.15. The minimum Gasteiger partial charge on any atom is -0.497 e. The van der Waals surface area contributed by atoms with Gasteiger partial charge in [0.15, 0.2) is 0 Å². The maximum absolute atomic E-state index is 12.9. The summed E-state index contributed by atoms with van der Waals surface area (Å²) < 4.78 is 10.9. The number of aromatic nitrogens is 2. The van der Waals surface area contributed by atoms with Gasteiger partial charge in [0.05, 0.1) is 18.1 Å². The quantitative estimate of drug-likeness (QED) is 0.727. The highest BCUT2D eigenvalue weighted by Gasteiger charge is 2.38. The number of hydrogen-bond acceptors (Lipinski definition) is 6. The molecule has 0 unspecified atom stereocenters. The van der Waals surface area contributed by atoms with Crippen molar-refractivity contribution in [1.29, 1.82) is 0 Å². The normalized spacial score (nSPS) is 14.9. The number of ether oxygens (including phenoxy) is 1. The zero-order valence-corrected chi connectivity index (χ0v) is 14.9. The van der Waals surface area contributed by atoms with Crippen molar-refractivity contribution in [2.75, 3.05) is 17.7 Å². The number of aryl methyl sites for hydroxylation is 1. The van der Waals surface area contributed by atoms with Gasteiger partial charge in [0, 0.05) is 17.3 Å². The number of hydrogen-bond donors (Lipinski definition) is 2. The average Bonchev–Trinajstić information content (AvgIpc) is 3.23. The number of nitrogens with one attached hydrogen (secondary N) is 2. The Kier molecular flexibility index (Phi) is 3.79. The fourth-order valence-corrected chi connectivity index (χ4v) is 2.91. The van der Waals surface area contributed by atoms with E-state index in [0.29, 0.717) is 39.7 Å². The first kappa shape index (κ1) is 16.4. The third kappa shape index (κ3) is 2.96. The van der Waals surface area contributed by atoms with Gasteiger partial charge in [-0.2, -0.15) is 0 Å². The summed E-state index contributed by atoms with van der Waals surface area (Å²) in [4.78, 5) is 21.5. The van der Waals surface area contributed by atoms with Crippen molar-refractivity contribution in [3.8, 4) is 5.75 Å². The van der Waals surface area contributed by atoms with Crippen molar-refractivity contribution in [1.82, 2.24) is 9.97 Å². The van der Waals surface area contributed by atoms with Crippen LogP contribution in [0.4, 0.5) is 11.5 Å². The summed E-state index contributed by atoms with van der Waals surface area (Å²) in [5.74, 6) is 1.53. The average molecular weight is 352 g/mol. The second kappa shape index (κ2) is 6.01. The zero-order valence-electron chi connectivity index (χ0n) is 14.9. The molecule has 2 N–H and O–H groups in total. The second-order valence-electron chi connectivity index (χ2n) is 6.81. The molecule has 2 heterocycles. The second-order valence-corrected chi connectivity index (χ2v) is 6.81. The van der Waals surface area contributed by atoms with Crippen LogP contribution in [0.2, 0.25) is 0 Å². The first-order chi connectivity index (χ1) is 12.5. The van der Waals surface area contributed by atoms with Gasteiger partial charge < -0.3 is 19.8 Å². The molecular weight excluding hydrogens is 332 g/mol. The van der Waals surface area contributed by atoms with E-state index in [-0.39, 0.29) is 11.4 Å². The van der Waals surface area contributed by atoms with Crippen LogP contribution in [0.25, 0.3) is 11.1 Å². The zero-order chi connectivity index (χ0) is 18.3. The molecule has 1 amide bonds. The number of benzene rings is 1. The molecule has 1 saturated carbocycles. The largest absolute Gasteiger partial charge is 0.497 e. The minimum absolute atomic E-state index is 0.0208. The van der Waals surface area contributed by atoms with Crippen LogP contribution in [0.15, 0.2) is 35.0 Å². The monoisotopic (exact) mass is 352 g/mol. The molecule has 1 aliphatic carbocycles. The molecule has 1 aliphatic rings. The van der Waals surface area contributed by atoms with Crippen molar-refractivity contribution in [2.24, 2.45) is 0 Å². The van der Waals surface area contributed by atoms with Gasteiger partial charge in [-0.25, -0.2) is 9.97 Å². The maximum atomic E-state index is 12.9. The van der Waals surface area contributed by atoms with Crippen LogP contribution in [0, 0.1) is 6.92 Å². The number of furan rings is 1. The molecule has 3 aromatic rings. The summed E-state index contributed by atoms with van der Waals surface area (Å²) in [6.45, 7) is 3.88. The molecule has 0 spiro atoms. The number of nitrogens with zero attached hydrogens (tertiary/aromatic N) is 2. The van der Waals surface area contributed by atoms with E-state index in [0.717, 1.165) is 12.8 Å². The lowest BCUT2D eigenvalue weighted by molar-refractivity contribution is 0.102. The van der Waals surface area contributed by atoms with E-state index in [9.17, 15) is 4.79 Å². The van der Waals surface area contributed by atoms with Gasteiger partial charge in [-0.1, -0.05) is 6.07 Å². The fraction of sp³-hybridized carbons (Fsp3) is 0.316. The van der Waals surface area contributed by atoms with Crippen LogP contribution in [-0.4, -0.2) is 28.5 Å². The summed E-state index contributed by atoms with van der Waals surface area (Å²) in [6, 6.07) is 7.20. The third-order valence-electron chi connectivity index (χ3n) is 4.64. The van der Waals surface area contributed by atoms with Crippen molar-refractivity contribution in [2.45, 2.75) is 32.2 Å². The van der Waals surface area contributed by atoms with Gasteiger partial charge in [0.25, 0.3) is 5.91 Å². The lowest BCUT2D eigenvalue weighted by atomic mass is 10.1. The van der Waals surface area contributed by atoms with Crippen molar-refractivity contribution < 1.29 is 13.9 Å². The maximum Gasteiger partial charge on any atom is 0.260 e. The number of rotatable bonds is 5. The van der Waals surface area contributed by atoms with E-state index in [1.54, 1.807) is 26.2 Å². The molecule has 0 aliphatic heterocycles. The summed E-state index contributed by atoms with van der Waals surface area (Å²) in [7, 11) is 1.59.